The van der Waals surface area contributed by atoms with Crippen molar-refractivity contribution < 1.29 is 14.4 Å². The van der Waals surface area contributed by atoms with Gasteiger partial charge in [-0.2, -0.15) is 0 Å². The predicted octanol–water partition coefficient (Wildman–Crippen LogP) is 2.23. The molecule has 0 saturated heterocycles. The van der Waals surface area contributed by atoms with E-state index >= 15 is 0 Å². The van der Waals surface area contributed by atoms with Gasteiger partial charge in [-0.15, -0.1) is 0 Å². The molecule has 0 bridgehead atoms. The maximum Gasteiger partial charge on any atom is 0.242 e. The molecule has 0 saturated carbocycles. The van der Waals surface area contributed by atoms with Gasteiger partial charge in [-0.3, -0.25) is 14.4 Å². The highest BCUT2D eigenvalue weighted by Crippen LogP contribution is 2.12. The van der Waals surface area contributed by atoms with Gasteiger partial charge >= 0.3 is 0 Å². The largest absolute Gasteiger partial charge is 0.368 e. The van der Waals surface area contributed by atoms with E-state index in [1.807, 2.05) is 30.3 Å². The van der Waals surface area contributed by atoms with Crippen LogP contribution in [-0.2, 0) is 16.0 Å². The number of carbonyl (C=O) groups excluding carboxylic acids is 3. The van der Waals surface area contributed by atoms with Crippen molar-refractivity contribution in [3.63, 3.8) is 0 Å². The molecule has 3 N–H and O–H groups in total. The molecule has 0 spiro atoms. The van der Waals surface area contributed by atoms with Gasteiger partial charge in [0.25, 0.3) is 0 Å². The third-order valence-electron chi connectivity index (χ3n) is 3.96. The number of nitrogens with one attached hydrogen (secondary N) is 1. The number of hydrogen-bond acceptors (Lipinski definition) is 3. The fourth-order valence-electron chi connectivity index (χ4n) is 2.31. The number of ketones is 1. The van der Waals surface area contributed by atoms with E-state index in [4.69, 9.17) is 5.73 Å². The molecule has 2 amide bonds. The van der Waals surface area contributed by atoms with Crippen molar-refractivity contribution in [1.29, 1.82) is 0 Å². The van der Waals surface area contributed by atoms with Gasteiger partial charge in [0.2, 0.25) is 11.8 Å². The van der Waals surface area contributed by atoms with E-state index in [0.717, 1.165) is 5.56 Å². The number of hydrogen-bond donors (Lipinski definition) is 2. The summed E-state index contributed by atoms with van der Waals surface area (Å²) in [6.07, 6.45) is 0.753. The summed E-state index contributed by atoms with van der Waals surface area (Å²) in [4.78, 5) is 35.5. The summed E-state index contributed by atoms with van der Waals surface area (Å²) in [5, 5.41) is 2.61. The highest BCUT2D eigenvalue weighted by Gasteiger charge is 2.26. The first-order chi connectivity index (χ1) is 11.8. The van der Waals surface area contributed by atoms with Crippen LogP contribution in [0.5, 0.6) is 0 Å². The van der Waals surface area contributed by atoms with E-state index in [0.29, 0.717) is 17.5 Å². The second kappa shape index (κ2) is 7.75. The normalized spacial score (nSPS) is 11.0. The summed E-state index contributed by atoms with van der Waals surface area (Å²) in [6, 6.07) is 16.3. The predicted molar refractivity (Wildman–Crippen MR) is 96.1 cm³/mol. The van der Waals surface area contributed by atoms with Crippen LogP contribution < -0.4 is 11.1 Å². The fraction of sp³-hybridized carbons (Fsp3) is 0.250. The van der Waals surface area contributed by atoms with Crippen molar-refractivity contribution >= 4 is 17.6 Å². The molecule has 2 aromatic rings. The summed E-state index contributed by atoms with van der Waals surface area (Å²) in [7, 11) is 0. The standard InChI is InChI=1S/C20H22N2O3/c1-20(2,19(21)25)22-17(23)13-10-14-8-11-16(12-9-14)18(24)15-6-4-3-5-7-15/h3-9,11-12H,10,13H2,1-2H3,(H2,21,25)(H,22,23). The smallest absolute Gasteiger partial charge is 0.242 e. The van der Waals surface area contributed by atoms with Gasteiger partial charge in [0.05, 0.1) is 0 Å². The first kappa shape index (κ1) is 18.4. The Hall–Kier alpha value is -2.95. The van der Waals surface area contributed by atoms with E-state index in [-0.39, 0.29) is 18.1 Å². The zero-order chi connectivity index (χ0) is 18.4. The molecule has 0 aliphatic rings. The third-order valence-corrected chi connectivity index (χ3v) is 3.96. The Kier molecular flexibility index (Phi) is 5.70. The molecule has 0 aliphatic carbocycles. The van der Waals surface area contributed by atoms with E-state index < -0.39 is 11.4 Å². The second-order valence-corrected chi connectivity index (χ2v) is 6.43. The molecule has 0 heterocycles. The fourth-order valence-corrected chi connectivity index (χ4v) is 2.31. The van der Waals surface area contributed by atoms with E-state index in [1.165, 1.54) is 0 Å². The first-order valence-corrected chi connectivity index (χ1v) is 8.09. The van der Waals surface area contributed by atoms with Crippen molar-refractivity contribution in [1.82, 2.24) is 5.32 Å². The summed E-state index contributed by atoms with van der Waals surface area (Å²) in [5.74, 6) is -0.856. The number of carbonyl (C=O) groups is 3. The third kappa shape index (κ3) is 5.01. The molecule has 130 valence electrons. The SMILES string of the molecule is CC(C)(NC(=O)CCc1ccc(C(=O)c2ccccc2)cc1)C(N)=O. The van der Waals surface area contributed by atoms with E-state index in [1.54, 1.807) is 38.1 Å². The number of amides is 2. The lowest BCUT2D eigenvalue weighted by molar-refractivity contribution is -0.130. The molecule has 5 nitrogen and oxygen atoms in total. The Labute approximate surface area is 147 Å². The lowest BCUT2D eigenvalue weighted by Crippen LogP contribution is -2.53. The molecule has 0 aromatic heterocycles. The zero-order valence-electron chi connectivity index (χ0n) is 14.4. The summed E-state index contributed by atoms with van der Waals surface area (Å²) in [5.41, 5.74) is 6.36. The first-order valence-electron chi connectivity index (χ1n) is 8.09. The monoisotopic (exact) mass is 338 g/mol. The Morgan fingerprint density at radius 3 is 2.04 bits per heavy atom. The number of nitrogens with two attached hydrogens (primary N) is 1. The van der Waals surface area contributed by atoms with Crippen LogP contribution in [0.3, 0.4) is 0 Å². The minimum absolute atomic E-state index is 0.0342. The van der Waals surface area contributed by atoms with Crippen LogP contribution in [0.4, 0.5) is 0 Å². The van der Waals surface area contributed by atoms with Crippen LogP contribution in [0.15, 0.2) is 54.6 Å². The summed E-state index contributed by atoms with van der Waals surface area (Å²) >= 11 is 0. The quantitative estimate of drug-likeness (QED) is 0.759. The van der Waals surface area contributed by atoms with Gasteiger partial charge in [-0.1, -0.05) is 54.6 Å². The molecule has 25 heavy (non-hydrogen) atoms. The minimum Gasteiger partial charge on any atom is -0.368 e. The van der Waals surface area contributed by atoms with Crippen LogP contribution in [0.1, 0.15) is 41.8 Å². The molecular weight excluding hydrogens is 316 g/mol. The Morgan fingerprint density at radius 2 is 1.48 bits per heavy atom. The molecule has 0 unspecified atom stereocenters. The molecule has 2 rings (SSSR count). The van der Waals surface area contributed by atoms with Gasteiger partial charge in [-0.05, 0) is 25.8 Å². The molecule has 2 aromatic carbocycles. The van der Waals surface area contributed by atoms with Gasteiger partial charge in [-0.25, -0.2) is 0 Å². The van der Waals surface area contributed by atoms with Crippen molar-refractivity contribution in [2.75, 3.05) is 0 Å². The lowest BCUT2D eigenvalue weighted by atomic mass is 10.0. The average Bonchev–Trinajstić information content (AvgIpc) is 2.60. The second-order valence-electron chi connectivity index (χ2n) is 6.43. The molecule has 5 heteroatoms. The average molecular weight is 338 g/mol. The van der Waals surface area contributed by atoms with Crippen molar-refractivity contribution in [2.24, 2.45) is 5.73 Å². The maximum atomic E-state index is 12.3. The molecular formula is C20H22N2O3. The van der Waals surface area contributed by atoms with E-state index in [9.17, 15) is 14.4 Å². The van der Waals surface area contributed by atoms with Crippen LogP contribution in [-0.4, -0.2) is 23.1 Å². The zero-order valence-corrected chi connectivity index (χ0v) is 14.4. The van der Waals surface area contributed by atoms with E-state index in [2.05, 4.69) is 5.32 Å². The molecule has 0 aliphatic heterocycles. The van der Waals surface area contributed by atoms with Crippen molar-refractivity contribution in [3.8, 4) is 0 Å². The molecule has 0 radical (unpaired) electrons. The topological polar surface area (TPSA) is 89.3 Å². The highest BCUT2D eigenvalue weighted by molar-refractivity contribution is 6.08. The van der Waals surface area contributed by atoms with Gasteiger partial charge < -0.3 is 11.1 Å². The molecule has 0 fully saturated rings. The number of primary amides is 1. The Bertz CT molecular complexity index is 765. The number of aryl methyl sites for hydroxylation is 1. The van der Waals surface area contributed by atoms with Gasteiger partial charge in [0, 0.05) is 17.5 Å². The van der Waals surface area contributed by atoms with Crippen LogP contribution >= 0.6 is 0 Å². The number of benzene rings is 2. The molecule has 0 atom stereocenters. The van der Waals surface area contributed by atoms with Crippen LogP contribution in [0.25, 0.3) is 0 Å². The number of rotatable bonds is 7. The Balaban J connectivity index is 1.94. The van der Waals surface area contributed by atoms with Crippen LogP contribution in [0, 0.1) is 0 Å². The van der Waals surface area contributed by atoms with Crippen molar-refractivity contribution in [2.45, 2.75) is 32.2 Å². The Morgan fingerprint density at radius 1 is 0.920 bits per heavy atom. The minimum atomic E-state index is -1.07. The van der Waals surface area contributed by atoms with Crippen molar-refractivity contribution in [3.05, 3.63) is 71.3 Å². The lowest BCUT2D eigenvalue weighted by Gasteiger charge is -2.22. The summed E-state index contributed by atoms with van der Waals surface area (Å²) in [6.45, 7) is 3.13. The van der Waals surface area contributed by atoms with Gasteiger partial charge in [0.1, 0.15) is 5.54 Å². The summed E-state index contributed by atoms with van der Waals surface area (Å²) < 4.78 is 0. The highest BCUT2D eigenvalue weighted by atomic mass is 16.2. The van der Waals surface area contributed by atoms with Gasteiger partial charge in [0.15, 0.2) is 5.78 Å². The van der Waals surface area contributed by atoms with Crippen LogP contribution in [0.2, 0.25) is 0 Å². The maximum absolute atomic E-state index is 12.3.